The Hall–Kier alpha value is -4.00. The number of hydrogen-bond acceptors (Lipinski definition) is 8. The highest BCUT2D eigenvalue weighted by Gasteiger charge is 2.18. The Morgan fingerprint density at radius 1 is 0.949 bits per heavy atom. The summed E-state index contributed by atoms with van der Waals surface area (Å²) in [6.45, 7) is 0. The zero-order valence-corrected chi connectivity index (χ0v) is 22.8. The molecule has 0 bridgehead atoms. The van der Waals surface area contributed by atoms with Crippen LogP contribution in [0.4, 0.5) is 42.1 Å². The molecule has 0 spiro atoms. The molecule has 2 heterocycles. The van der Waals surface area contributed by atoms with E-state index in [9.17, 15) is 18.0 Å². The van der Waals surface area contributed by atoms with Crippen LogP contribution in [-0.4, -0.2) is 35.0 Å². The largest absolute Gasteiger partial charge is 0.454 e. The lowest BCUT2D eigenvalue weighted by Crippen LogP contribution is -2.19. The summed E-state index contributed by atoms with van der Waals surface area (Å²) in [5.74, 6) is -2.43. The van der Waals surface area contributed by atoms with Gasteiger partial charge in [-0.2, -0.15) is 4.98 Å². The highest BCUT2D eigenvalue weighted by atomic mass is 35.5. The normalized spacial score (nSPS) is 9.77. The van der Waals surface area contributed by atoms with E-state index in [1.807, 2.05) is 0 Å². The zero-order valence-electron chi connectivity index (χ0n) is 20.3. The molecule has 0 fully saturated rings. The van der Waals surface area contributed by atoms with Crippen LogP contribution in [0.2, 0.25) is 0 Å². The van der Waals surface area contributed by atoms with Crippen LogP contribution >= 0.6 is 37.2 Å². The van der Waals surface area contributed by atoms with Crippen LogP contribution in [0, 0.1) is 17.5 Å². The van der Waals surface area contributed by atoms with Crippen molar-refractivity contribution in [1.29, 1.82) is 0 Å². The smallest absolute Gasteiger partial charge is 0.261 e. The van der Waals surface area contributed by atoms with E-state index in [-0.39, 0.29) is 77.5 Å². The topological polar surface area (TPSA) is 118 Å². The number of nitrogens with one attached hydrogen (secondary N) is 2. The van der Waals surface area contributed by atoms with E-state index in [0.717, 1.165) is 18.2 Å². The first-order valence-electron chi connectivity index (χ1n) is 10.5. The van der Waals surface area contributed by atoms with Gasteiger partial charge in [0, 0.05) is 50.4 Å². The van der Waals surface area contributed by atoms with Gasteiger partial charge in [-0.3, -0.25) is 4.79 Å². The summed E-state index contributed by atoms with van der Waals surface area (Å²) in [5, 5.41) is 5.24. The molecule has 39 heavy (non-hydrogen) atoms. The predicted octanol–water partition coefficient (Wildman–Crippen LogP) is 5.99. The fourth-order valence-electron chi connectivity index (χ4n) is 3.05. The molecule has 4 aromatic rings. The minimum atomic E-state index is -0.947. The highest BCUT2D eigenvalue weighted by molar-refractivity contribution is 6.07. The summed E-state index contributed by atoms with van der Waals surface area (Å²) in [5.41, 5.74) is 5.58. The molecule has 0 aliphatic carbocycles. The number of benzene rings is 2. The van der Waals surface area contributed by atoms with Crippen molar-refractivity contribution in [3.63, 3.8) is 0 Å². The Labute approximate surface area is 240 Å². The summed E-state index contributed by atoms with van der Waals surface area (Å²) in [4.78, 5) is 26.8. The number of nitrogens with zero attached hydrogens (tertiary/aromatic N) is 4. The molecule has 0 aliphatic rings. The number of nitrogen functional groups attached to an aromatic ring is 1. The number of hydrogen-bond donors (Lipinski definition) is 3. The third kappa shape index (κ3) is 8.24. The molecule has 15 heteroatoms. The van der Waals surface area contributed by atoms with Crippen molar-refractivity contribution < 1.29 is 22.7 Å². The van der Waals surface area contributed by atoms with Gasteiger partial charge in [-0.25, -0.2) is 23.1 Å². The second-order valence-electron chi connectivity index (χ2n) is 7.69. The van der Waals surface area contributed by atoms with Crippen LogP contribution < -0.4 is 26.0 Å². The van der Waals surface area contributed by atoms with Crippen molar-refractivity contribution in [3.05, 3.63) is 83.9 Å². The van der Waals surface area contributed by atoms with Crippen LogP contribution in [0.3, 0.4) is 0 Å². The van der Waals surface area contributed by atoms with Crippen molar-refractivity contribution in [2.75, 3.05) is 35.4 Å². The molecule has 4 rings (SSSR count). The Morgan fingerprint density at radius 3 is 2.33 bits per heavy atom. The number of carbonyl (C=O) groups excluding carboxylic acids is 1. The third-order valence-corrected chi connectivity index (χ3v) is 4.77. The molecule has 0 unspecified atom stereocenters. The minimum absolute atomic E-state index is 0. The predicted molar refractivity (Wildman–Crippen MR) is 151 cm³/mol. The number of nitrogens with two attached hydrogens (primary N) is 1. The highest BCUT2D eigenvalue weighted by Crippen LogP contribution is 2.29. The van der Waals surface area contributed by atoms with E-state index in [1.54, 1.807) is 19.0 Å². The van der Waals surface area contributed by atoms with Crippen LogP contribution in [0.1, 0.15) is 10.4 Å². The number of aromatic nitrogens is 3. The van der Waals surface area contributed by atoms with Gasteiger partial charge in [-0.15, -0.1) is 37.2 Å². The van der Waals surface area contributed by atoms with Gasteiger partial charge in [0.1, 0.15) is 34.6 Å². The Kier molecular flexibility index (Phi) is 12.1. The monoisotopic (exact) mass is 603 g/mol. The first kappa shape index (κ1) is 33.0. The van der Waals surface area contributed by atoms with E-state index < -0.39 is 23.4 Å². The molecule has 1 amide bonds. The van der Waals surface area contributed by atoms with Gasteiger partial charge in [0.25, 0.3) is 5.91 Å². The van der Waals surface area contributed by atoms with Crippen molar-refractivity contribution in [3.8, 4) is 11.5 Å². The van der Waals surface area contributed by atoms with Gasteiger partial charge in [-0.05, 0) is 30.3 Å². The van der Waals surface area contributed by atoms with E-state index in [2.05, 4.69) is 25.6 Å². The molecule has 9 nitrogen and oxygen atoms in total. The van der Waals surface area contributed by atoms with Crippen LogP contribution in [0.15, 0.2) is 60.9 Å². The third-order valence-electron chi connectivity index (χ3n) is 4.77. The molecule has 2 aromatic heterocycles. The molecule has 208 valence electrons. The van der Waals surface area contributed by atoms with Crippen LogP contribution in [-0.2, 0) is 0 Å². The fourth-order valence-corrected chi connectivity index (χ4v) is 3.05. The maximum absolute atomic E-state index is 14.8. The van der Waals surface area contributed by atoms with Gasteiger partial charge >= 0.3 is 0 Å². The second kappa shape index (κ2) is 14.2. The molecule has 0 saturated carbocycles. The minimum Gasteiger partial charge on any atom is -0.454 e. The average Bonchev–Trinajstić information content (AvgIpc) is 2.82. The molecule has 0 aliphatic heterocycles. The average molecular weight is 605 g/mol. The lowest BCUT2D eigenvalue weighted by Gasteiger charge is -2.16. The summed E-state index contributed by atoms with van der Waals surface area (Å²) in [7, 11) is 3.40. The van der Waals surface area contributed by atoms with Crippen molar-refractivity contribution >= 4 is 72.1 Å². The second-order valence-corrected chi connectivity index (χ2v) is 7.69. The van der Waals surface area contributed by atoms with Crippen molar-refractivity contribution in [1.82, 2.24) is 15.0 Å². The van der Waals surface area contributed by atoms with Crippen molar-refractivity contribution in [2.45, 2.75) is 0 Å². The Balaban J connectivity index is 0.00000253. The lowest BCUT2D eigenvalue weighted by molar-refractivity contribution is 0.102. The molecule has 4 N–H and O–H groups in total. The SMILES string of the molecule is CN(C)c1ncc(C(=O)Nc2ccc(F)cc2F)c(Nc2ccc(Oc3ccnc(N)c3)c(F)c2)n1.Cl.Cl.Cl. The molecule has 0 radical (unpaired) electrons. The number of ether oxygens (including phenoxy) is 1. The number of pyridine rings is 1. The summed E-state index contributed by atoms with van der Waals surface area (Å²) in [6.07, 6.45) is 2.67. The van der Waals surface area contributed by atoms with Gasteiger partial charge in [0.2, 0.25) is 5.95 Å². The molecular weight excluding hydrogens is 582 g/mol. The van der Waals surface area contributed by atoms with Gasteiger partial charge in [0.05, 0.1) is 5.69 Å². The van der Waals surface area contributed by atoms with E-state index in [4.69, 9.17) is 10.5 Å². The standard InChI is InChI=1S/C24H20F3N7O2.3ClH/c1-34(2)24-30-12-16(23(35)32-19-5-3-13(25)9-17(19)26)22(33-24)31-14-4-6-20(18(27)10-14)36-15-7-8-29-21(28)11-15;;;/h3-12H,1-2H3,(H2,28,29)(H,32,35)(H,30,31,33);3*1H. The Morgan fingerprint density at radius 2 is 1.69 bits per heavy atom. The lowest BCUT2D eigenvalue weighted by atomic mass is 10.2. The number of halogens is 6. The number of rotatable bonds is 7. The summed E-state index contributed by atoms with van der Waals surface area (Å²) in [6, 6.07) is 9.78. The first-order valence-corrected chi connectivity index (χ1v) is 10.5. The Bertz CT molecular complexity index is 1450. The molecular formula is C24H23Cl3F3N7O2. The van der Waals surface area contributed by atoms with E-state index in [0.29, 0.717) is 11.8 Å². The van der Waals surface area contributed by atoms with E-state index in [1.165, 1.54) is 36.7 Å². The zero-order chi connectivity index (χ0) is 25.8. The van der Waals surface area contributed by atoms with Crippen molar-refractivity contribution in [2.24, 2.45) is 0 Å². The van der Waals surface area contributed by atoms with Gasteiger partial charge in [-0.1, -0.05) is 0 Å². The molecule has 0 saturated heterocycles. The van der Waals surface area contributed by atoms with E-state index >= 15 is 0 Å². The molecule has 0 atom stereocenters. The maximum Gasteiger partial charge on any atom is 0.261 e. The van der Waals surface area contributed by atoms with Crippen LogP contribution in [0.25, 0.3) is 0 Å². The number of amides is 1. The van der Waals surface area contributed by atoms with Crippen LogP contribution in [0.5, 0.6) is 11.5 Å². The summed E-state index contributed by atoms with van der Waals surface area (Å²) < 4.78 is 47.5. The first-order chi connectivity index (χ1) is 17.2. The summed E-state index contributed by atoms with van der Waals surface area (Å²) >= 11 is 0. The molecule has 2 aromatic carbocycles. The van der Waals surface area contributed by atoms with Gasteiger partial charge < -0.3 is 26.0 Å². The fraction of sp³-hybridized carbons (Fsp3) is 0.0833. The maximum atomic E-state index is 14.8. The van der Waals surface area contributed by atoms with Gasteiger partial charge in [0.15, 0.2) is 11.6 Å². The quantitative estimate of drug-likeness (QED) is 0.235. The number of anilines is 5. The number of carbonyl (C=O) groups is 1.